The van der Waals surface area contributed by atoms with E-state index < -0.39 is 11.6 Å². The average molecular weight is 469 g/mol. The second-order valence-electron chi connectivity index (χ2n) is 8.20. The van der Waals surface area contributed by atoms with Crippen molar-refractivity contribution in [1.82, 2.24) is 15.0 Å². The quantitative estimate of drug-likeness (QED) is 0.317. The van der Waals surface area contributed by atoms with Crippen molar-refractivity contribution >= 4 is 17.9 Å². The lowest BCUT2D eigenvalue weighted by Gasteiger charge is -2.21. The number of hydrogen-bond acceptors (Lipinski definition) is 10. The van der Waals surface area contributed by atoms with E-state index in [0.717, 1.165) is 18.6 Å². The molecule has 11 nitrogen and oxygen atoms in total. The van der Waals surface area contributed by atoms with Crippen LogP contribution in [-0.4, -0.2) is 50.9 Å². The number of nitrogens with zero attached hydrogens (tertiary/aromatic N) is 3. The predicted octanol–water partition coefficient (Wildman–Crippen LogP) is 3.35. The molecule has 1 saturated carbocycles. The molecule has 0 radical (unpaired) electrons. The normalized spacial score (nSPS) is 13.2. The number of carboxylic acids is 1. The Balaban J connectivity index is 1.28. The maximum absolute atomic E-state index is 11.2. The van der Waals surface area contributed by atoms with Gasteiger partial charge >= 0.3 is 12.0 Å². The van der Waals surface area contributed by atoms with Gasteiger partial charge in [0.05, 0.1) is 12.8 Å². The van der Waals surface area contributed by atoms with Crippen molar-refractivity contribution in [2.45, 2.75) is 44.9 Å². The highest BCUT2D eigenvalue weighted by Gasteiger charge is 2.29. The van der Waals surface area contributed by atoms with Crippen LogP contribution in [0.5, 0.6) is 17.5 Å². The fraction of sp³-hybridized carbons (Fsp3) is 0.391. The Morgan fingerprint density at radius 3 is 2.44 bits per heavy atom. The minimum atomic E-state index is -1.32. The first kappa shape index (κ1) is 23.1. The number of nitrogens with one attached hydrogen (secondary N) is 2. The summed E-state index contributed by atoms with van der Waals surface area (Å²) in [6, 6.07) is 10.9. The predicted molar refractivity (Wildman–Crippen MR) is 122 cm³/mol. The Morgan fingerprint density at radius 2 is 1.76 bits per heavy atom. The van der Waals surface area contributed by atoms with Crippen LogP contribution in [0.4, 0.5) is 11.9 Å². The second-order valence-corrected chi connectivity index (χ2v) is 8.20. The Kier molecular flexibility index (Phi) is 7.00. The van der Waals surface area contributed by atoms with Gasteiger partial charge in [0.15, 0.2) is 5.60 Å². The van der Waals surface area contributed by atoms with Crippen molar-refractivity contribution in [3.8, 4) is 17.5 Å². The van der Waals surface area contributed by atoms with Gasteiger partial charge in [-0.3, -0.25) is 0 Å². The molecule has 2 heterocycles. The fourth-order valence-electron chi connectivity index (χ4n) is 2.79. The van der Waals surface area contributed by atoms with Gasteiger partial charge in [-0.2, -0.15) is 15.0 Å². The van der Waals surface area contributed by atoms with E-state index in [2.05, 4.69) is 25.6 Å². The summed E-state index contributed by atoms with van der Waals surface area (Å²) in [5, 5.41) is 15.5. The molecular formula is C23H27N5O6. The number of rotatable bonds is 13. The number of aromatic nitrogens is 3. The van der Waals surface area contributed by atoms with Crippen LogP contribution in [-0.2, 0) is 11.3 Å². The highest BCUT2D eigenvalue weighted by atomic mass is 16.5. The minimum absolute atomic E-state index is 0.184. The third-order valence-corrected chi connectivity index (χ3v) is 4.82. The maximum atomic E-state index is 11.2. The van der Waals surface area contributed by atoms with Gasteiger partial charge in [-0.25, -0.2) is 4.79 Å². The van der Waals surface area contributed by atoms with Crippen LogP contribution >= 0.6 is 0 Å². The molecule has 1 aromatic carbocycles. The third-order valence-electron chi connectivity index (χ3n) is 4.82. The smallest absolute Gasteiger partial charge is 0.347 e. The van der Waals surface area contributed by atoms with Gasteiger partial charge < -0.3 is 34.4 Å². The zero-order valence-electron chi connectivity index (χ0n) is 19.0. The maximum Gasteiger partial charge on any atom is 0.347 e. The van der Waals surface area contributed by atoms with Gasteiger partial charge in [0.2, 0.25) is 11.9 Å². The zero-order valence-corrected chi connectivity index (χ0v) is 19.0. The van der Waals surface area contributed by atoms with Crippen molar-refractivity contribution in [3.05, 3.63) is 48.4 Å². The standard InChI is InChI=1S/C23H27N5O6/c1-23(2,19(29)30)34-17-9-7-16(8-10-17)32-12-13-33-22-27-20(24-14-18-4-3-11-31-18)26-21(28-22)25-15-5-6-15/h3-4,7-11,15H,5-6,12-14H2,1-2H3,(H,29,30)(H2,24,25,26,27,28). The zero-order chi connectivity index (χ0) is 24.0. The lowest BCUT2D eigenvalue weighted by Crippen LogP contribution is -2.37. The first-order valence-corrected chi connectivity index (χ1v) is 10.9. The molecule has 0 aliphatic heterocycles. The van der Waals surface area contributed by atoms with Crippen LogP contribution in [0.2, 0.25) is 0 Å². The summed E-state index contributed by atoms with van der Waals surface area (Å²) >= 11 is 0. The molecule has 0 amide bonds. The number of furan rings is 1. The van der Waals surface area contributed by atoms with E-state index in [4.69, 9.17) is 23.7 Å². The number of benzene rings is 1. The summed E-state index contributed by atoms with van der Waals surface area (Å²) in [5.41, 5.74) is -1.32. The molecule has 34 heavy (non-hydrogen) atoms. The molecule has 4 rings (SSSR count). The molecule has 3 N–H and O–H groups in total. The molecule has 11 heteroatoms. The first-order chi connectivity index (χ1) is 16.4. The van der Waals surface area contributed by atoms with Crippen LogP contribution in [0.1, 0.15) is 32.4 Å². The van der Waals surface area contributed by atoms with Gasteiger partial charge in [0, 0.05) is 6.04 Å². The van der Waals surface area contributed by atoms with Crippen LogP contribution in [0, 0.1) is 0 Å². The number of hydrogen-bond donors (Lipinski definition) is 3. The topological polar surface area (TPSA) is 141 Å². The van der Waals surface area contributed by atoms with Crippen molar-refractivity contribution in [3.63, 3.8) is 0 Å². The lowest BCUT2D eigenvalue weighted by molar-refractivity contribution is -0.152. The molecule has 0 bridgehead atoms. The average Bonchev–Trinajstić information content (AvgIpc) is 3.46. The minimum Gasteiger partial charge on any atom is -0.490 e. The largest absolute Gasteiger partial charge is 0.490 e. The molecule has 0 unspecified atom stereocenters. The Bertz CT molecular complexity index is 1080. The van der Waals surface area contributed by atoms with Crippen LogP contribution in [0.15, 0.2) is 47.1 Å². The molecule has 0 atom stereocenters. The molecule has 2 aromatic heterocycles. The van der Waals surface area contributed by atoms with Crippen molar-refractivity contribution in [2.24, 2.45) is 0 Å². The molecule has 1 aliphatic rings. The third kappa shape index (κ3) is 6.74. The van der Waals surface area contributed by atoms with Crippen molar-refractivity contribution in [2.75, 3.05) is 23.8 Å². The number of carbonyl (C=O) groups is 1. The number of aliphatic carboxylic acids is 1. The van der Waals surface area contributed by atoms with Gasteiger partial charge in [-0.15, -0.1) is 0 Å². The summed E-state index contributed by atoms with van der Waals surface area (Å²) in [7, 11) is 0. The van der Waals surface area contributed by atoms with E-state index in [9.17, 15) is 4.79 Å². The van der Waals surface area contributed by atoms with Gasteiger partial charge in [0.1, 0.15) is 30.5 Å². The fourth-order valence-corrected chi connectivity index (χ4v) is 2.79. The van der Waals surface area contributed by atoms with Crippen LogP contribution < -0.4 is 24.8 Å². The van der Waals surface area contributed by atoms with Crippen LogP contribution in [0.3, 0.4) is 0 Å². The van der Waals surface area contributed by atoms with E-state index in [-0.39, 0.29) is 19.2 Å². The number of carboxylic acid groups (broad SMARTS) is 1. The molecule has 0 spiro atoms. The SMILES string of the molecule is CC(C)(Oc1ccc(OCCOc2nc(NCc3ccco3)nc(NC3CC3)n2)cc1)C(=O)O. The van der Waals surface area contributed by atoms with E-state index in [1.165, 1.54) is 13.8 Å². The summed E-state index contributed by atoms with van der Waals surface area (Å²) < 4.78 is 22.2. The summed E-state index contributed by atoms with van der Waals surface area (Å²) in [6.07, 6.45) is 3.78. The lowest BCUT2D eigenvalue weighted by atomic mass is 10.1. The molecule has 3 aromatic rings. The van der Waals surface area contributed by atoms with Gasteiger partial charge in [-0.1, -0.05) is 0 Å². The van der Waals surface area contributed by atoms with Crippen molar-refractivity contribution < 1.29 is 28.5 Å². The molecular weight excluding hydrogens is 442 g/mol. The van der Waals surface area contributed by atoms with Gasteiger partial charge in [0.25, 0.3) is 0 Å². The van der Waals surface area contributed by atoms with E-state index in [1.807, 2.05) is 12.1 Å². The summed E-state index contributed by atoms with van der Waals surface area (Å²) in [4.78, 5) is 24.2. The Hall–Kier alpha value is -4.02. The Labute approximate surface area is 196 Å². The molecule has 180 valence electrons. The molecule has 1 fully saturated rings. The second kappa shape index (κ2) is 10.3. The van der Waals surface area contributed by atoms with E-state index in [0.29, 0.717) is 36.0 Å². The van der Waals surface area contributed by atoms with E-state index >= 15 is 0 Å². The first-order valence-electron chi connectivity index (χ1n) is 10.9. The highest BCUT2D eigenvalue weighted by molar-refractivity contribution is 5.76. The van der Waals surface area contributed by atoms with Crippen LogP contribution in [0.25, 0.3) is 0 Å². The molecule has 0 saturated heterocycles. The molecule has 1 aliphatic carbocycles. The summed E-state index contributed by atoms with van der Waals surface area (Å²) in [5.74, 6) is 1.58. The summed E-state index contributed by atoms with van der Waals surface area (Å²) in [6.45, 7) is 3.89. The van der Waals surface area contributed by atoms with E-state index in [1.54, 1.807) is 30.5 Å². The number of anilines is 2. The monoisotopic (exact) mass is 469 g/mol. The number of ether oxygens (including phenoxy) is 3. The Morgan fingerprint density at radius 1 is 1.06 bits per heavy atom. The van der Waals surface area contributed by atoms with Crippen molar-refractivity contribution in [1.29, 1.82) is 0 Å². The highest BCUT2D eigenvalue weighted by Crippen LogP contribution is 2.24. The van der Waals surface area contributed by atoms with Gasteiger partial charge in [-0.05, 0) is 63.1 Å².